The van der Waals surface area contributed by atoms with Crippen LogP contribution in [0.1, 0.15) is 194 Å². The van der Waals surface area contributed by atoms with Crippen LogP contribution in [0.4, 0.5) is 0 Å². The maximum Gasteiger partial charge on any atom is 0.185 e. The third kappa shape index (κ3) is 25.3. The van der Waals surface area contributed by atoms with Gasteiger partial charge in [0.1, 0.15) is 6.54 Å². The number of quaternary nitrogens is 1. The summed E-state index contributed by atoms with van der Waals surface area (Å²) >= 11 is 0. The molecule has 2 heteroatoms. The third-order valence-electron chi connectivity index (χ3n) is 9.23. The lowest BCUT2D eigenvalue weighted by molar-refractivity contribution is -0.829. The van der Waals surface area contributed by atoms with Crippen molar-refractivity contribution in [1.82, 2.24) is 0 Å². The zero-order chi connectivity index (χ0) is 29.4. The normalized spacial score (nSPS) is 14.8. The van der Waals surface area contributed by atoms with Gasteiger partial charge in [-0.05, 0) is 77.0 Å². The van der Waals surface area contributed by atoms with E-state index in [9.17, 15) is 0 Å². The number of aliphatic imine (C=N–C) groups is 1. The fraction of sp³-hybridized carbons (Fsp3) is 0.872. The van der Waals surface area contributed by atoms with Crippen LogP contribution in [-0.2, 0) is 0 Å². The van der Waals surface area contributed by atoms with E-state index >= 15 is 0 Å². The molecule has 0 aromatic rings. The number of allylic oxidation sites excluding steroid dienone is 4. The highest BCUT2D eigenvalue weighted by Gasteiger charge is 2.27. The Morgan fingerprint density at radius 1 is 0.439 bits per heavy atom. The predicted octanol–water partition coefficient (Wildman–Crippen LogP) is 12.9. The van der Waals surface area contributed by atoms with Crippen molar-refractivity contribution in [2.24, 2.45) is 4.99 Å². The number of nitrogens with zero attached hydrogens (tertiary/aromatic N) is 2. The van der Waals surface area contributed by atoms with E-state index in [0.717, 1.165) is 6.54 Å². The van der Waals surface area contributed by atoms with Gasteiger partial charge in [0.25, 0.3) is 0 Å². The van der Waals surface area contributed by atoms with Gasteiger partial charge in [-0.1, -0.05) is 141 Å². The molecule has 0 saturated carbocycles. The van der Waals surface area contributed by atoms with Gasteiger partial charge in [-0.2, -0.15) is 0 Å². The Morgan fingerprint density at radius 2 is 0.756 bits per heavy atom. The Balaban J connectivity index is 1.90. The molecule has 0 unspecified atom stereocenters. The van der Waals surface area contributed by atoms with E-state index in [2.05, 4.69) is 49.5 Å². The summed E-state index contributed by atoms with van der Waals surface area (Å²) in [5.74, 6) is 0. The summed E-state index contributed by atoms with van der Waals surface area (Å²) in [6.07, 6.45) is 51.1. The second kappa shape index (κ2) is 30.6. The summed E-state index contributed by atoms with van der Waals surface area (Å²) in [6.45, 7) is 9.57. The Hall–Kier alpha value is -0.890. The molecule has 0 aliphatic carbocycles. The summed E-state index contributed by atoms with van der Waals surface area (Å²) < 4.78 is 1.19. The van der Waals surface area contributed by atoms with Gasteiger partial charge >= 0.3 is 0 Å². The number of hydrogen-bond acceptors (Lipinski definition) is 1. The molecule has 1 aliphatic rings. The summed E-state index contributed by atoms with van der Waals surface area (Å²) in [4.78, 5) is 4.66. The van der Waals surface area contributed by atoms with E-state index in [1.165, 1.54) is 204 Å². The number of rotatable bonds is 32. The molecule has 0 N–H and O–H groups in total. The lowest BCUT2D eigenvalue weighted by atomic mass is 10.1. The minimum absolute atomic E-state index is 1.05. The number of hydrogen-bond donors (Lipinski definition) is 0. The summed E-state index contributed by atoms with van der Waals surface area (Å²) in [5, 5.41) is 0. The Bertz CT molecular complexity index is 563. The third-order valence-corrected chi connectivity index (χ3v) is 9.23. The van der Waals surface area contributed by atoms with Crippen molar-refractivity contribution in [2.45, 2.75) is 194 Å². The average molecular weight is 572 g/mol. The van der Waals surface area contributed by atoms with Gasteiger partial charge in [-0.15, -0.1) is 0 Å². The lowest BCUT2D eigenvalue weighted by Crippen LogP contribution is -2.46. The van der Waals surface area contributed by atoms with Crippen molar-refractivity contribution < 1.29 is 4.48 Å². The van der Waals surface area contributed by atoms with Crippen molar-refractivity contribution in [2.75, 3.05) is 26.2 Å². The van der Waals surface area contributed by atoms with Gasteiger partial charge in [0.2, 0.25) is 0 Å². The molecule has 41 heavy (non-hydrogen) atoms. The average Bonchev–Trinajstić information content (AvgIpc) is 3.45. The minimum Gasteiger partial charge on any atom is -0.280 e. The maximum atomic E-state index is 4.66. The molecule has 0 fully saturated rings. The SMILES string of the molecule is CCCCCCCC/C=C\CCCCCCCC[N+]1(CCCCCCCC/C=C\CCCCCCCC)C=NCC1. The van der Waals surface area contributed by atoms with Gasteiger partial charge in [0.15, 0.2) is 6.34 Å². The highest BCUT2D eigenvalue weighted by molar-refractivity contribution is 5.48. The number of unbranched alkanes of at least 4 members (excludes halogenated alkanes) is 24. The minimum atomic E-state index is 1.05. The topological polar surface area (TPSA) is 12.4 Å². The fourth-order valence-electron chi connectivity index (χ4n) is 6.34. The predicted molar refractivity (Wildman–Crippen MR) is 187 cm³/mol. The van der Waals surface area contributed by atoms with E-state index in [1.807, 2.05) is 0 Å². The molecule has 0 radical (unpaired) electrons. The van der Waals surface area contributed by atoms with E-state index in [1.54, 1.807) is 0 Å². The van der Waals surface area contributed by atoms with Crippen molar-refractivity contribution in [3.8, 4) is 0 Å². The first kappa shape index (κ1) is 38.1. The molecule has 1 heterocycles. The van der Waals surface area contributed by atoms with Crippen LogP contribution in [0.15, 0.2) is 29.3 Å². The van der Waals surface area contributed by atoms with Gasteiger partial charge in [-0.3, -0.25) is 4.48 Å². The molecule has 0 aromatic heterocycles. The van der Waals surface area contributed by atoms with Crippen LogP contribution in [-0.4, -0.2) is 37.0 Å². The first-order chi connectivity index (χ1) is 20.3. The van der Waals surface area contributed by atoms with E-state index in [-0.39, 0.29) is 0 Å². The lowest BCUT2D eigenvalue weighted by Gasteiger charge is -2.30. The van der Waals surface area contributed by atoms with Gasteiger partial charge in [0, 0.05) is 0 Å². The molecule has 0 spiro atoms. The van der Waals surface area contributed by atoms with E-state index in [0.29, 0.717) is 0 Å². The van der Waals surface area contributed by atoms with E-state index in [4.69, 9.17) is 0 Å². The fourth-order valence-corrected chi connectivity index (χ4v) is 6.34. The molecule has 0 saturated heterocycles. The van der Waals surface area contributed by atoms with Crippen molar-refractivity contribution in [3.63, 3.8) is 0 Å². The van der Waals surface area contributed by atoms with Gasteiger partial charge < -0.3 is 0 Å². The van der Waals surface area contributed by atoms with Crippen molar-refractivity contribution in [3.05, 3.63) is 24.3 Å². The van der Waals surface area contributed by atoms with Crippen LogP contribution in [0.3, 0.4) is 0 Å². The van der Waals surface area contributed by atoms with Crippen LogP contribution in [0.25, 0.3) is 0 Å². The standard InChI is InChI=1S/C39H75N2/c1-3-5-7-9-11-13-15-17-19-21-23-25-27-29-31-33-36-41(38-35-40-39-41)37-34-32-30-28-26-24-22-20-18-16-14-12-10-8-6-4-2/h17-20,39H,3-16,21-38H2,1-2H3/q+1/b19-17-,20-18-. The van der Waals surface area contributed by atoms with Crippen LogP contribution in [0.2, 0.25) is 0 Å². The zero-order valence-corrected chi connectivity index (χ0v) is 28.4. The molecule has 1 rings (SSSR count). The molecule has 0 amide bonds. The molecular formula is C39H75N2+. The molecule has 1 aliphatic heterocycles. The molecular weight excluding hydrogens is 496 g/mol. The highest BCUT2D eigenvalue weighted by atomic mass is 15.4. The van der Waals surface area contributed by atoms with Crippen molar-refractivity contribution in [1.29, 1.82) is 0 Å². The van der Waals surface area contributed by atoms with Crippen molar-refractivity contribution >= 4 is 6.34 Å². The first-order valence-corrected chi connectivity index (χ1v) is 19.0. The smallest absolute Gasteiger partial charge is 0.185 e. The molecule has 2 nitrogen and oxygen atoms in total. The zero-order valence-electron chi connectivity index (χ0n) is 28.4. The Morgan fingerprint density at radius 3 is 1.07 bits per heavy atom. The van der Waals surface area contributed by atoms with Gasteiger partial charge in [-0.25, -0.2) is 4.99 Å². The maximum absolute atomic E-state index is 4.66. The highest BCUT2D eigenvalue weighted by Crippen LogP contribution is 2.17. The second-order valence-corrected chi connectivity index (χ2v) is 13.3. The summed E-state index contributed by atoms with van der Waals surface area (Å²) in [7, 11) is 0. The first-order valence-electron chi connectivity index (χ1n) is 19.0. The Labute approximate surface area is 259 Å². The van der Waals surface area contributed by atoms with Crippen LogP contribution in [0, 0.1) is 0 Å². The quantitative estimate of drug-likeness (QED) is 0.0432. The Kier molecular flexibility index (Phi) is 28.4. The second-order valence-electron chi connectivity index (χ2n) is 13.3. The monoisotopic (exact) mass is 572 g/mol. The summed E-state index contributed by atoms with van der Waals surface area (Å²) in [6, 6.07) is 0. The molecule has 0 atom stereocenters. The largest absolute Gasteiger partial charge is 0.280 e. The van der Waals surface area contributed by atoms with Gasteiger partial charge in [0.05, 0.1) is 19.6 Å². The van der Waals surface area contributed by atoms with Crippen LogP contribution >= 0.6 is 0 Å². The molecule has 240 valence electrons. The molecule has 0 aromatic carbocycles. The van der Waals surface area contributed by atoms with E-state index < -0.39 is 0 Å². The van der Waals surface area contributed by atoms with Crippen LogP contribution in [0.5, 0.6) is 0 Å². The molecule has 0 bridgehead atoms. The summed E-state index contributed by atoms with van der Waals surface area (Å²) in [5.41, 5.74) is 0. The van der Waals surface area contributed by atoms with Crippen LogP contribution < -0.4 is 0 Å².